The van der Waals surface area contributed by atoms with Crippen molar-refractivity contribution in [2.24, 2.45) is 14.1 Å². The standard InChI is InChI=1S/C9H12ClN5/c1-14-4-3-8(13-14)11-6-9-12-5-7(10)15(9)2/h3-5H,6H2,1-2H3,(H,11,13). The van der Waals surface area contributed by atoms with Gasteiger partial charge in [0.15, 0.2) is 0 Å². The van der Waals surface area contributed by atoms with Crippen LogP contribution in [0.5, 0.6) is 0 Å². The second-order valence-electron chi connectivity index (χ2n) is 3.28. The number of hydrogen-bond acceptors (Lipinski definition) is 3. The van der Waals surface area contributed by atoms with Gasteiger partial charge in [-0.25, -0.2) is 4.98 Å². The summed E-state index contributed by atoms with van der Waals surface area (Å²) in [6, 6.07) is 1.91. The average Bonchev–Trinajstić information content (AvgIpc) is 2.74. The number of nitrogens with one attached hydrogen (secondary N) is 1. The van der Waals surface area contributed by atoms with Gasteiger partial charge in [-0.3, -0.25) is 4.68 Å². The highest BCUT2D eigenvalue weighted by atomic mass is 35.5. The van der Waals surface area contributed by atoms with Gasteiger partial charge in [-0.05, 0) is 0 Å². The van der Waals surface area contributed by atoms with Gasteiger partial charge in [0.05, 0.1) is 12.7 Å². The van der Waals surface area contributed by atoms with Crippen LogP contribution in [0.2, 0.25) is 5.15 Å². The molecule has 0 atom stereocenters. The summed E-state index contributed by atoms with van der Waals surface area (Å²) in [6.07, 6.45) is 3.52. The summed E-state index contributed by atoms with van der Waals surface area (Å²) in [4.78, 5) is 4.17. The monoisotopic (exact) mass is 225 g/mol. The van der Waals surface area contributed by atoms with Crippen molar-refractivity contribution < 1.29 is 0 Å². The number of halogens is 1. The summed E-state index contributed by atoms with van der Waals surface area (Å²) in [5, 5.41) is 7.99. The van der Waals surface area contributed by atoms with Crippen molar-refractivity contribution in [3.8, 4) is 0 Å². The molecule has 0 saturated carbocycles. The summed E-state index contributed by atoms with van der Waals surface area (Å²) < 4.78 is 3.57. The maximum Gasteiger partial charge on any atom is 0.148 e. The summed E-state index contributed by atoms with van der Waals surface area (Å²) in [7, 11) is 3.76. The lowest BCUT2D eigenvalue weighted by molar-refractivity contribution is 0.762. The van der Waals surface area contributed by atoms with E-state index in [4.69, 9.17) is 11.6 Å². The number of rotatable bonds is 3. The zero-order valence-corrected chi connectivity index (χ0v) is 9.36. The van der Waals surface area contributed by atoms with Crippen molar-refractivity contribution >= 4 is 17.4 Å². The topological polar surface area (TPSA) is 47.7 Å². The second kappa shape index (κ2) is 3.94. The molecule has 0 bridgehead atoms. The molecule has 2 heterocycles. The Morgan fingerprint density at radius 1 is 1.47 bits per heavy atom. The third-order valence-electron chi connectivity index (χ3n) is 2.17. The highest BCUT2D eigenvalue weighted by Gasteiger charge is 2.04. The largest absolute Gasteiger partial charge is 0.361 e. The van der Waals surface area contributed by atoms with Crippen molar-refractivity contribution in [1.82, 2.24) is 19.3 Å². The molecule has 0 radical (unpaired) electrons. The fourth-order valence-corrected chi connectivity index (χ4v) is 1.41. The van der Waals surface area contributed by atoms with Gasteiger partial charge in [0, 0.05) is 26.4 Å². The van der Waals surface area contributed by atoms with Gasteiger partial charge in [0.2, 0.25) is 0 Å². The van der Waals surface area contributed by atoms with Gasteiger partial charge < -0.3 is 9.88 Å². The van der Waals surface area contributed by atoms with E-state index in [9.17, 15) is 0 Å². The van der Waals surface area contributed by atoms with Crippen LogP contribution in [-0.2, 0) is 20.6 Å². The average molecular weight is 226 g/mol. The lowest BCUT2D eigenvalue weighted by atomic mass is 10.5. The number of anilines is 1. The van der Waals surface area contributed by atoms with E-state index in [2.05, 4.69) is 15.4 Å². The van der Waals surface area contributed by atoms with E-state index < -0.39 is 0 Å². The van der Waals surface area contributed by atoms with Gasteiger partial charge in [-0.1, -0.05) is 11.6 Å². The third kappa shape index (κ3) is 2.12. The predicted octanol–water partition coefficient (Wildman–Crippen LogP) is 1.42. The Labute approximate surface area is 92.7 Å². The van der Waals surface area contributed by atoms with E-state index in [-0.39, 0.29) is 0 Å². The van der Waals surface area contributed by atoms with E-state index in [1.165, 1.54) is 0 Å². The Morgan fingerprint density at radius 2 is 2.27 bits per heavy atom. The van der Waals surface area contributed by atoms with Crippen molar-refractivity contribution in [2.45, 2.75) is 6.54 Å². The van der Waals surface area contributed by atoms with E-state index in [1.807, 2.05) is 30.9 Å². The van der Waals surface area contributed by atoms with Gasteiger partial charge in [0.25, 0.3) is 0 Å². The van der Waals surface area contributed by atoms with Crippen LogP contribution < -0.4 is 5.32 Å². The fourth-order valence-electron chi connectivity index (χ4n) is 1.27. The Bertz CT molecular complexity index is 459. The summed E-state index contributed by atoms with van der Waals surface area (Å²) in [6.45, 7) is 0.611. The Kier molecular flexibility index (Phi) is 2.64. The maximum absolute atomic E-state index is 5.87. The molecule has 1 N–H and O–H groups in total. The molecule has 5 nitrogen and oxygen atoms in total. The molecule has 2 aromatic heterocycles. The minimum atomic E-state index is 0.611. The van der Waals surface area contributed by atoms with Crippen LogP contribution in [0.25, 0.3) is 0 Å². The lowest BCUT2D eigenvalue weighted by Crippen LogP contribution is -2.06. The third-order valence-corrected chi connectivity index (χ3v) is 2.52. The van der Waals surface area contributed by atoms with Crippen LogP contribution in [0, 0.1) is 0 Å². The smallest absolute Gasteiger partial charge is 0.148 e. The van der Waals surface area contributed by atoms with Gasteiger partial charge >= 0.3 is 0 Å². The van der Waals surface area contributed by atoms with E-state index >= 15 is 0 Å². The molecular weight excluding hydrogens is 214 g/mol. The fraction of sp³-hybridized carbons (Fsp3) is 0.333. The molecule has 0 aliphatic heterocycles. The molecule has 2 aromatic rings. The number of nitrogens with zero attached hydrogens (tertiary/aromatic N) is 4. The molecule has 0 fully saturated rings. The van der Waals surface area contributed by atoms with Crippen LogP contribution in [0.1, 0.15) is 5.82 Å². The molecular formula is C9H12ClN5. The molecule has 2 rings (SSSR count). The molecule has 0 amide bonds. The van der Waals surface area contributed by atoms with Gasteiger partial charge in [-0.2, -0.15) is 5.10 Å². The normalized spacial score (nSPS) is 10.6. The SMILES string of the molecule is Cn1ccc(NCc2ncc(Cl)n2C)n1. The number of aromatic nitrogens is 4. The Balaban J connectivity index is 2.02. The first-order valence-corrected chi connectivity index (χ1v) is 4.94. The van der Waals surface area contributed by atoms with Crippen LogP contribution in [0.3, 0.4) is 0 Å². The number of hydrogen-bond donors (Lipinski definition) is 1. The molecule has 0 unspecified atom stereocenters. The van der Waals surface area contributed by atoms with Crippen molar-refractivity contribution in [3.63, 3.8) is 0 Å². The first-order chi connectivity index (χ1) is 7.16. The molecule has 0 aromatic carbocycles. The van der Waals surface area contributed by atoms with Crippen molar-refractivity contribution in [3.05, 3.63) is 29.4 Å². The summed E-state index contributed by atoms with van der Waals surface area (Å²) in [5.74, 6) is 1.71. The molecule has 6 heteroatoms. The first-order valence-electron chi connectivity index (χ1n) is 4.56. The summed E-state index contributed by atoms with van der Waals surface area (Å²) >= 11 is 5.87. The molecule has 0 aliphatic carbocycles. The minimum absolute atomic E-state index is 0.611. The van der Waals surface area contributed by atoms with Crippen LogP contribution in [-0.4, -0.2) is 19.3 Å². The number of aryl methyl sites for hydroxylation is 1. The molecule has 0 spiro atoms. The van der Waals surface area contributed by atoms with Crippen LogP contribution >= 0.6 is 11.6 Å². The predicted molar refractivity (Wildman–Crippen MR) is 58.8 cm³/mol. The lowest BCUT2D eigenvalue weighted by Gasteiger charge is -2.03. The van der Waals surface area contributed by atoms with Gasteiger partial charge in [-0.15, -0.1) is 0 Å². The summed E-state index contributed by atoms with van der Waals surface area (Å²) in [5.41, 5.74) is 0. The van der Waals surface area contributed by atoms with Crippen LogP contribution in [0.4, 0.5) is 5.82 Å². The Morgan fingerprint density at radius 3 is 2.80 bits per heavy atom. The highest BCUT2D eigenvalue weighted by Crippen LogP contribution is 2.10. The minimum Gasteiger partial charge on any atom is -0.361 e. The van der Waals surface area contributed by atoms with Crippen molar-refractivity contribution in [2.75, 3.05) is 5.32 Å². The molecule has 15 heavy (non-hydrogen) atoms. The van der Waals surface area contributed by atoms with Crippen LogP contribution in [0.15, 0.2) is 18.5 Å². The van der Waals surface area contributed by atoms with Gasteiger partial charge in [0.1, 0.15) is 16.8 Å². The van der Waals surface area contributed by atoms with Crippen molar-refractivity contribution in [1.29, 1.82) is 0 Å². The molecule has 0 saturated heterocycles. The zero-order chi connectivity index (χ0) is 10.8. The van der Waals surface area contributed by atoms with E-state index in [0.29, 0.717) is 11.7 Å². The maximum atomic E-state index is 5.87. The van der Waals surface area contributed by atoms with E-state index in [1.54, 1.807) is 10.9 Å². The zero-order valence-electron chi connectivity index (χ0n) is 8.61. The second-order valence-corrected chi connectivity index (χ2v) is 3.67. The highest BCUT2D eigenvalue weighted by molar-refractivity contribution is 6.29. The quantitative estimate of drug-likeness (QED) is 0.860. The first kappa shape index (κ1) is 10.0. The number of imidazole rings is 1. The molecule has 0 aliphatic rings. The van der Waals surface area contributed by atoms with E-state index in [0.717, 1.165) is 11.6 Å². The Hall–Kier alpha value is -1.49. The molecule has 80 valence electrons.